The van der Waals surface area contributed by atoms with Gasteiger partial charge in [0.05, 0.1) is 19.8 Å². The lowest BCUT2D eigenvalue weighted by atomic mass is 10.1. The number of aromatic nitrogens is 1. The van der Waals surface area contributed by atoms with Crippen LogP contribution in [0.3, 0.4) is 0 Å². The number of hydrogen-bond donors (Lipinski definition) is 1. The number of nitrogens with zero attached hydrogens (tertiary/aromatic N) is 1. The van der Waals surface area contributed by atoms with E-state index in [2.05, 4.69) is 29.8 Å². The van der Waals surface area contributed by atoms with Gasteiger partial charge in [0.2, 0.25) is 0 Å². The van der Waals surface area contributed by atoms with Crippen LogP contribution >= 0.6 is 0 Å². The highest BCUT2D eigenvalue weighted by Crippen LogP contribution is 2.33. The Balaban J connectivity index is 1.98. The van der Waals surface area contributed by atoms with Gasteiger partial charge < -0.3 is 19.4 Å². The van der Waals surface area contributed by atoms with Crippen molar-refractivity contribution < 1.29 is 14.3 Å². The highest BCUT2D eigenvalue weighted by molar-refractivity contribution is 6.13. The summed E-state index contributed by atoms with van der Waals surface area (Å²) >= 11 is 0. The number of aryl methyl sites for hydroxylation is 1. The highest BCUT2D eigenvalue weighted by Gasteiger charge is 2.17. The molecule has 3 rings (SSSR count). The molecule has 0 bridgehead atoms. The van der Waals surface area contributed by atoms with Crippen molar-refractivity contribution >= 4 is 22.5 Å². The van der Waals surface area contributed by atoms with Crippen molar-refractivity contribution in [2.75, 3.05) is 19.5 Å². The van der Waals surface area contributed by atoms with E-state index >= 15 is 0 Å². The summed E-state index contributed by atoms with van der Waals surface area (Å²) in [4.78, 5) is 13.0. The summed E-state index contributed by atoms with van der Waals surface area (Å²) in [6.45, 7) is 7.13. The molecule has 3 aromatic rings. The van der Waals surface area contributed by atoms with Crippen LogP contribution in [0.15, 0.2) is 42.6 Å². The highest BCUT2D eigenvalue weighted by atomic mass is 16.5. The number of benzene rings is 2. The molecule has 0 saturated heterocycles. The van der Waals surface area contributed by atoms with Crippen molar-refractivity contribution in [1.82, 2.24) is 4.57 Å². The number of carbonyl (C=O) groups is 1. The summed E-state index contributed by atoms with van der Waals surface area (Å²) in [5.41, 5.74) is 3.35. The van der Waals surface area contributed by atoms with Crippen LogP contribution < -0.4 is 14.8 Å². The first-order valence-electron chi connectivity index (χ1n) is 9.06. The smallest absolute Gasteiger partial charge is 0.257 e. The number of hydrogen-bond acceptors (Lipinski definition) is 3. The Kier molecular flexibility index (Phi) is 5.40. The fourth-order valence-electron chi connectivity index (χ4n) is 3.28. The van der Waals surface area contributed by atoms with Crippen molar-refractivity contribution in [1.29, 1.82) is 0 Å². The van der Waals surface area contributed by atoms with Crippen LogP contribution in [-0.2, 0) is 6.54 Å². The molecule has 27 heavy (non-hydrogen) atoms. The van der Waals surface area contributed by atoms with E-state index in [1.165, 1.54) is 0 Å². The molecule has 1 N–H and O–H groups in total. The Morgan fingerprint density at radius 1 is 1.11 bits per heavy atom. The Labute approximate surface area is 159 Å². The minimum Gasteiger partial charge on any atom is -0.493 e. The first kappa shape index (κ1) is 18.8. The van der Waals surface area contributed by atoms with Crippen molar-refractivity contribution in [3.05, 3.63) is 53.7 Å². The second-order valence-corrected chi connectivity index (χ2v) is 7.08. The van der Waals surface area contributed by atoms with Gasteiger partial charge in [-0.3, -0.25) is 4.79 Å². The van der Waals surface area contributed by atoms with Gasteiger partial charge in [-0.2, -0.15) is 0 Å². The SMILES string of the molecule is COc1cc(C)c(NC(=O)c2cn(CC(C)C)c3ccccc23)cc1OC. The van der Waals surface area contributed by atoms with Gasteiger partial charge in [-0.15, -0.1) is 0 Å². The lowest BCUT2D eigenvalue weighted by molar-refractivity contribution is 0.102. The molecule has 0 aliphatic rings. The number of fused-ring (bicyclic) bond motifs is 1. The molecule has 1 heterocycles. The van der Waals surface area contributed by atoms with E-state index in [1.807, 2.05) is 37.4 Å². The van der Waals surface area contributed by atoms with Crippen LogP contribution in [0.2, 0.25) is 0 Å². The predicted molar refractivity (Wildman–Crippen MR) is 109 cm³/mol. The first-order valence-corrected chi connectivity index (χ1v) is 9.06. The van der Waals surface area contributed by atoms with E-state index in [-0.39, 0.29) is 5.91 Å². The van der Waals surface area contributed by atoms with Gasteiger partial charge in [0, 0.05) is 35.4 Å². The quantitative estimate of drug-likeness (QED) is 0.677. The maximum atomic E-state index is 13.0. The van der Waals surface area contributed by atoms with E-state index in [4.69, 9.17) is 9.47 Å². The molecule has 0 radical (unpaired) electrons. The molecule has 2 aromatic carbocycles. The number of para-hydroxylation sites is 1. The number of amides is 1. The topological polar surface area (TPSA) is 52.5 Å². The van der Waals surface area contributed by atoms with Crippen LogP contribution in [0.4, 0.5) is 5.69 Å². The third-order valence-electron chi connectivity index (χ3n) is 4.57. The van der Waals surface area contributed by atoms with Crippen molar-refractivity contribution in [2.24, 2.45) is 5.92 Å². The number of anilines is 1. The van der Waals surface area contributed by atoms with Gasteiger partial charge in [-0.05, 0) is 30.5 Å². The summed E-state index contributed by atoms with van der Waals surface area (Å²) in [5.74, 6) is 1.58. The summed E-state index contributed by atoms with van der Waals surface area (Å²) in [7, 11) is 3.18. The van der Waals surface area contributed by atoms with Gasteiger partial charge in [-0.1, -0.05) is 32.0 Å². The fourth-order valence-corrected chi connectivity index (χ4v) is 3.28. The molecule has 142 valence electrons. The Hall–Kier alpha value is -2.95. The second-order valence-electron chi connectivity index (χ2n) is 7.08. The van der Waals surface area contributed by atoms with Gasteiger partial charge in [-0.25, -0.2) is 0 Å². The van der Waals surface area contributed by atoms with Gasteiger partial charge >= 0.3 is 0 Å². The van der Waals surface area contributed by atoms with Crippen molar-refractivity contribution in [3.63, 3.8) is 0 Å². The van der Waals surface area contributed by atoms with E-state index in [0.717, 1.165) is 23.0 Å². The Bertz CT molecular complexity index is 973. The summed E-state index contributed by atoms with van der Waals surface area (Å²) < 4.78 is 12.8. The zero-order valence-electron chi connectivity index (χ0n) is 16.5. The summed E-state index contributed by atoms with van der Waals surface area (Å²) in [6, 6.07) is 11.6. The van der Waals surface area contributed by atoms with E-state index < -0.39 is 0 Å². The van der Waals surface area contributed by atoms with Crippen molar-refractivity contribution in [3.8, 4) is 11.5 Å². The molecule has 0 spiro atoms. The minimum atomic E-state index is -0.135. The van der Waals surface area contributed by atoms with Crippen LogP contribution in [-0.4, -0.2) is 24.7 Å². The fraction of sp³-hybridized carbons (Fsp3) is 0.318. The molecule has 1 amide bonds. The standard InChI is InChI=1S/C22H26N2O3/c1-14(2)12-24-13-17(16-8-6-7-9-19(16)24)22(25)23-18-11-21(27-5)20(26-4)10-15(18)3/h6-11,13-14H,12H2,1-5H3,(H,23,25). The number of ether oxygens (including phenoxy) is 2. The normalized spacial score (nSPS) is 11.0. The van der Waals surface area contributed by atoms with Gasteiger partial charge in [0.25, 0.3) is 5.91 Å². The molecule has 0 saturated carbocycles. The van der Waals surface area contributed by atoms with E-state index in [1.54, 1.807) is 20.3 Å². The lowest BCUT2D eigenvalue weighted by Crippen LogP contribution is -2.13. The molecular weight excluding hydrogens is 340 g/mol. The zero-order chi connectivity index (χ0) is 19.6. The molecule has 5 nitrogen and oxygen atoms in total. The molecular formula is C22H26N2O3. The maximum Gasteiger partial charge on any atom is 0.257 e. The molecule has 0 fully saturated rings. The third kappa shape index (κ3) is 3.77. The third-order valence-corrected chi connectivity index (χ3v) is 4.57. The average molecular weight is 366 g/mol. The minimum absolute atomic E-state index is 0.135. The summed E-state index contributed by atoms with van der Waals surface area (Å²) in [5, 5.41) is 3.98. The molecule has 0 aliphatic heterocycles. The number of carbonyl (C=O) groups excluding carboxylic acids is 1. The Morgan fingerprint density at radius 3 is 2.44 bits per heavy atom. The van der Waals surface area contributed by atoms with Gasteiger partial charge in [0.15, 0.2) is 11.5 Å². The first-order chi connectivity index (χ1) is 12.9. The average Bonchev–Trinajstić information content (AvgIpc) is 3.01. The Morgan fingerprint density at radius 2 is 1.78 bits per heavy atom. The van der Waals surface area contributed by atoms with Crippen molar-refractivity contribution in [2.45, 2.75) is 27.3 Å². The lowest BCUT2D eigenvalue weighted by Gasteiger charge is -2.13. The van der Waals surface area contributed by atoms with Crippen LogP contribution in [0.1, 0.15) is 29.8 Å². The number of methoxy groups -OCH3 is 2. The van der Waals surface area contributed by atoms with Crippen LogP contribution in [0.25, 0.3) is 10.9 Å². The van der Waals surface area contributed by atoms with Crippen LogP contribution in [0, 0.1) is 12.8 Å². The largest absolute Gasteiger partial charge is 0.493 e. The monoisotopic (exact) mass is 366 g/mol. The van der Waals surface area contributed by atoms with Crippen LogP contribution in [0.5, 0.6) is 11.5 Å². The molecule has 0 unspecified atom stereocenters. The molecule has 0 aliphatic carbocycles. The number of nitrogens with one attached hydrogen (secondary N) is 1. The molecule has 5 heteroatoms. The maximum absolute atomic E-state index is 13.0. The molecule has 1 aromatic heterocycles. The summed E-state index contributed by atoms with van der Waals surface area (Å²) in [6.07, 6.45) is 1.94. The number of rotatable bonds is 6. The van der Waals surface area contributed by atoms with Gasteiger partial charge in [0.1, 0.15) is 0 Å². The van der Waals surface area contributed by atoms with E-state index in [0.29, 0.717) is 28.7 Å². The zero-order valence-corrected chi connectivity index (χ0v) is 16.5. The second kappa shape index (κ2) is 7.74. The predicted octanol–water partition coefficient (Wildman–Crippen LogP) is 4.88. The molecule has 0 atom stereocenters. The van der Waals surface area contributed by atoms with E-state index in [9.17, 15) is 4.79 Å².